The summed E-state index contributed by atoms with van der Waals surface area (Å²) in [6.07, 6.45) is -1.61. The molecule has 0 heterocycles. The zero-order valence-electron chi connectivity index (χ0n) is 16.3. The van der Waals surface area contributed by atoms with Gasteiger partial charge in [0, 0.05) is 0 Å². The fourth-order valence-corrected chi connectivity index (χ4v) is 1.84. The van der Waals surface area contributed by atoms with Crippen molar-refractivity contribution < 1.29 is 23.5 Å². The average Bonchev–Trinajstić information content (AvgIpc) is 2.44. The molecule has 9 heteroatoms. The lowest BCUT2D eigenvalue weighted by Crippen LogP contribution is -2.47. The molecule has 0 unspecified atom stereocenters. The minimum absolute atomic E-state index is 0.0123. The summed E-state index contributed by atoms with van der Waals surface area (Å²) in [6, 6.07) is 4.18. The molecule has 0 fully saturated rings. The van der Waals surface area contributed by atoms with E-state index in [1.165, 1.54) is 12.1 Å². The SMILES string of the molecule is CC(C)(C)OC(=O)NC(=NCc1ccc(Cl)c(F)c1)NC(=O)OC(C)(C)C. The van der Waals surface area contributed by atoms with Crippen molar-refractivity contribution in [2.24, 2.45) is 4.99 Å². The van der Waals surface area contributed by atoms with Crippen molar-refractivity contribution in [3.05, 3.63) is 34.6 Å². The van der Waals surface area contributed by atoms with Gasteiger partial charge in [0.1, 0.15) is 17.0 Å². The van der Waals surface area contributed by atoms with Gasteiger partial charge in [-0.25, -0.2) is 19.0 Å². The number of ether oxygens (including phenoxy) is 2. The van der Waals surface area contributed by atoms with Crippen LogP contribution >= 0.6 is 11.6 Å². The first-order chi connectivity index (χ1) is 12.2. The van der Waals surface area contributed by atoms with E-state index in [0.29, 0.717) is 5.56 Å². The number of benzene rings is 1. The van der Waals surface area contributed by atoms with Crippen LogP contribution in [-0.2, 0) is 16.0 Å². The van der Waals surface area contributed by atoms with Crippen molar-refractivity contribution in [1.29, 1.82) is 0 Å². The van der Waals surface area contributed by atoms with Gasteiger partial charge in [0.15, 0.2) is 0 Å². The van der Waals surface area contributed by atoms with E-state index >= 15 is 0 Å². The summed E-state index contributed by atoms with van der Waals surface area (Å²) in [4.78, 5) is 28.0. The lowest BCUT2D eigenvalue weighted by atomic mass is 10.2. The molecule has 1 aromatic rings. The van der Waals surface area contributed by atoms with Crippen LogP contribution in [0.1, 0.15) is 47.1 Å². The molecule has 0 spiro atoms. The Bertz CT molecular complexity index is 692. The van der Waals surface area contributed by atoms with E-state index in [2.05, 4.69) is 15.6 Å². The first-order valence-electron chi connectivity index (χ1n) is 8.23. The Labute approximate surface area is 163 Å². The van der Waals surface area contributed by atoms with Crippen LogP contribution in [0.4, 0.5) is 14.0 Å². The molecular formula is C18H25ClFN3O4. The predicted molar refractivity (Wildman–Crippen MR) is 101 cm³/mol. The highest BCUT2D eigenvalue weighted by molar-refractivity contribution is 6.30. The van der Waals surface area contributed by atoms with Gasteiger partial charge in [-0.3, -0.25) is 10.6 Å². The number of guanidine groups is 1. The van der Waals surface area contributed by atoms with Gasteiger partial charge in [-0.05, 0) is 59.2 Å². The molecule has 0 bridgehead atoms. The molecule has 0 aromatic heterocycles. The van der Waals surface area contributed by atoms with E-state index in [4.69, 9.17) is 21.1 Å². The third-order valence-electron chi connectivity index (χ3n) is 2.64. The zero-order valence-corrected chi connectivity index (χ0v) is 17.0. The molecule has 0 radical (unpaired) electrons. The molecule has 0 aliphatic rings. The highest BCUT2D eigenvalue weighted by Crippen LogP contribution is 2.16. The fraction of sp³-hybridized carbons (Fsp3) is 0.500. The third kappa shape index (κ3) is 9.79. The van der Waals surface area contributed by atoms with Gasteiger partial charge < -0.3 is 9.47 Å². The van der Waals surface area contributed by atoms with Gasteiger partial charge >= 0.3 is 12.2 Å². The minimum Gasteiger partial charge on any atom is -0.444 e. The molecule has 0 aliphatic carbocycles. The second-order valence-electron chi connectivity index (χ2n) is 7.67. The molecule has 1 aromatic carbocycles. The average molecular weight is 402 g/mol. The van der Waals surface area contributed by atoms with E-state index in [-0.39, 0.29) is 17.5 Å². The molecule has 2 N–H and O–H groups in total. The summed E-state index contributed by atoms with van der Waals surface area (Å²) in [5.74, 6) is -0.778. The predicted octanol–water partition coefficient (Wildman–Crippen LogP) is 4.38. The van der Waals surface area contributed by atoms with Crippen molar-refractivity contribution >= 4 is 29.7 Å². The molecule has 2 amide bonds. The van der Waals surface area contributed by atoms with Gasteiger partial charge in [-0.1, -0.05) is 17.7 Å². The Morgan fingerprint density at radius 1 is 1.04 bits per heavy atom. The first kappa shape index (κ1) is 22.7. The van der Waals surface area contributed by atoms with Crippen LogP contribution in [0.15, 0.2) is 23.2 Å². The van der Waals surface area contributed by atoms with Crippen LogP contribution in [0.3, 0.4) is 0 Å². The van der Waals surface area contributed by atoms with Crippen molar-refractivity contribution in [2.75, 3.05) is 0 Å². The van der Waals surface area contributed by atoms with Gasteiger partial charge in [0.2, 0.25) is 5.96 Å². The van der Waals surface area contributed by atoms with Crippen molar-refractivity contribution in [1.82, 2.24) is 10.6 Å². The standard InChI is InChI=1S/C18H25ClFN3O4/c1-17(2,3)26-15(24)22-14(23-16(25)27-18(4,5)6)21-10-11-7-8-12(19)13(20)9-11/h7-9H,10H2,1-6H3,(H2,21,22,23,24,25). The van der Waals surface area contributed by atoms with Gasteiger partial charge in [-0.15, -0.1) is 0 Å². The van der Waals surface area contributed by atoms with Crippen molar-refractivity contribution in [3.63, 3.8) is 0 Å². The number of aliphatic imine (C=N–C) groups is 1. The quantitative estimate of drug-likeness (QED) is 0.568. The lowest BCUT2D eigenvalue weighted by Gasteiger charge is -2.22. The van der Waals surface area contributed by atoms with Crippen LogP contribution in [0.25, 0.3) is 0 Å². The summed E-state index contributed by atoms with van der Waals surface area (Å²) in [5.41, 5.74) is -0.979. The van der Waals surface area contributed by atoms with Crippen LogP contribution in [-0.4, -0.2) is 29.3 Å². The zero-order chi connectivity index (χ0) is 20.8. The maximum absolute atomic E-state index is 13.5. The van der Waals surface area contributed by atoms with Crippen molar-refractivity contribution in [2.45, 2.75) is 59.3 Å². The summed E-state index contributed by atoms with van der Waals surface area (Å²) < 4.78 is 23.8. The second-order valence-corrected chi connectivity index (χ2v) is 8.07. The smallest absolute Gasteiger partial charge is 0.414 e. The number of hydrogen-bond donors (Lipinski definition) is 2. The van der Waals surface area contributed by atoms with Crippen LogP contribution in [0, 0.1) is 5.82 Å². The van der Waals surface area contributed by atoms with Gasteiger partial charge in [0.25, 0.3) is 0 Å². The molecule has 0 saturated carbocycles. The largest absolute Gasteiger partial charge is 0.444 e. The van der Waals surface area contributed by atoms with Crippen LogP contribution in [0.5, 0.6) is 0 Å². The third-order valence-corrected chi connectivity index (χ3v) is 2.95. The number of nitrogens with zero attached hydrogens (tertiary/aromatic N) is 1. The maximum atomic E-state index is 13.5. The Morgan fingerprint density at radius 3 is 1.93 bits per heavy atom. The van der Waals surface area contributed by atoms with E-state index in [9.17, 15) is 14.0 Å². The number of rotatable bonds is 2. The monoisotopic (exact) mass is 401 g/mol. The number of amides is 2. The first-order valence-corrected chi connectivity index (χ1v) is 8.61. The van der Waals surface area contributed by atoms with E-state index < -0.39 is 29.2 Å². The Balaban J connectivity index is 2.92. The number of nitrogens with one attached hydrogen (secondary N) is 2. The fourth-order valence-electron chi connectivity index (χ4n) is 1.72. The Kier molecular flexibility index (Phi) is 7.59. The number of carbonyl (C=O) groups is 2. The Morgan fingerprint density at radius 2 is 1.52 bits per heavy atom. The van der Waals surface area contributed by atoms with Crippen LogP contribution in [0.2, 0.25) is 5.02 Å². The summed E-state index contributed by atoms with van der Waals surface area (Å²) >= 11 is 5.65. The van der Waals surface area contributed by atoms with Gasteiger partial charge in [0.05, 0.1) is 11.6 Å². The summed E-state index contributed by atoms with van der Waals surface area (Å²) in [5, 5.41) is 4.67. The van der Waals surface area contributed by atoms with E-state index in [0.717, 1.165) is 0 Å². The van der Waals surface area contributed by atoms with E-state index in [1.54, 1.807) is 47.6 Å². The molecule has 27 heavy (non-hydrogen) atoms. The second kappa shape index (κ2) is 9.03. The highest BCUT2D eigenvalue weighted by Gasteiger charge is 2.21. The topological polar surface area (TPSA) is 89.0 Å². The Hall–Kier alpha value is -2.35. The molecule has 0 saturated heterocycles. The normalized spacial score (nSPS) is 11.4. The summed E-state index contributed by atoms with van der Waals surface area (Å²) in [7, 11) is 0. The van der Waals surface area contributed by atoms with Crippen LogP contribution < -0.4 is 10.6 Å². The highest BCUT2D eigenvalue weighted by atomic mass is 35.5. The molecule has 7 nitrogen and oxygen atoms in total. The van der Waals surface area contributed by atoms with E-state index in [1.807, 2.05) is 0 Å². The number of alkyl carbamates (subject to hydrolysis) is 2. The summed E-state index contributed by atoms with van der Waals surface area (Å²) in [6.45, 7) is 10.2. The number of carbonyl (C=O) groups excluding carboxylic acids is 2. The molecular weight excluding hydrogens is 377 g/mol. The molecule has 1 rings (SSSR count). The van der Waals surface area contributed by atoms with Crippen molar-refractivity contribution in [3.8, 4) is 0 Å². The molecule has 150 valence electrons. The molecule has 0 aliphatic heterocycles. The lowest BCUT2D eigenvalue weighted by molar-refractivity contribution is 0.0545. The number of hydrogen-bond acceptors (Lipinski definition) is 5. The molecule has 0 atom stereocenters. The minimum atomic E-state index is -0.806. The van der Waals surface area contributed by atoms with Gasteiger partial charge in [-0.2, -0.15) is 0 Å². The maximum Gasteiger partial charge on any atom is 0.414 e. The number of halogens is 2.